The predicted molar refractivity (Wildman–Crippen MR) is 102 cm³/mol. The molecule has 1 atom stereocenters. The average Bonchev–Trinajstić information content (AvgIpc) is 3.24. The van der Waals surface area contributed by atoms with Gasteiger partial charge in [-0.3, -0.25) is 0 Å². The molecule has 24 heavy (non-hydrogen) atoms. The second-order valence-electron chi connectivity index (χ2n) is 7.73. The summed E-state index contributed by atoms with van der Waals surface area (Å²) >= 11 is 0. The molecule has 3 rings (SSSR count). The lowest BCUT2D eigenvalue weighted by molar-refractivity contribution is -0.0426. The third-order valence-corrected chi connectivity index (χ3v) is 11.1. The van der Waals surface area contributed by atoms with Crippen LogP contribution in [0.25, 0.3) is 0 Å². The molecule has 1 aliphatic heterocycles. The van der Waals surface area contributed by atoms with Crippen molar-refractivity contribution >= 4 is 8.56 Å². The van der Waals surface area contributed by atoms with Gasteiger partial charge >= 0.3 is 8.56 Å². The molecule has 1 unspecified atom stereocenters. The third-order valence-electron chi connectivity index (χ3n) is 6.41. The Labute approximate surface area is 151 Å². The van der Waals surface area contributed by atoms with Crippen molar-refractivity contribution < 1.29 is 13.6 Å². The molecule has 2 aliphatic carbocycles. The van der Waals surface area contributed by atoms with Gasteiger partial charge in [-0.2, -0.15) is 0 Å². The van der Waals surface area contributed by atoms with Gasteiger partial charge in [0.05, 0.1) is 0 Å². The largest absolute Gasteiger partial charge is 0.393 e. The van der Waals surface area contributed by atoms with Gasteiger partial charge in [0.25, 0.3) is 0 Å². The minimum Gasteiger partial charge on any atom is -0.393 e. The maximum absolute atomic E-state index is 6.16. The van der Waals surface area contributed by atoms with Gasteiger partial charge in [0.15, 0.2) is 0 Å². The highest BCUT2D eigenvalue weighted by molar-refractivity contribution is 6.70. The average molecular weight is 357 g/mol. The number of hydrogen-bond acceptors (Lipinski definition) is 3. The van der Waals surface area contributed by atoms with Gasteiger partial charge in [-0.25, -0.2) is 0 Å². The van der Waals surface area contributed by atoms with E-state index in [1.165, 1.54) is 24.7 Å². The summed E-state index contributed by atoms with van der Waals surface area (Å²) in [6.45, 7) is 10.6. The van der Waals surface area contributed by atoms with Gasteiger partial charge in [-0.05, 0) is 57.9 Å². The van der Waals surface area contributed by atoms with E-state index in [1.54, 1.807) is 32.1 Å². The highest BCUT2D eigenvalue weighted by Gasteiger charge is 2.58. The molecule has 0 aromatic rings. The van der Waals surface area contributed by atoms with Crippen molar-refractivity contribution in [2.75, 3.05) is 19.8 Å². The van der Waals surface area contributed by atoms with Crippen LogP contribution < -0.4 is 0 Å². The first kappa shape index (κ1) is 20.4. The van der Waals surface area contributed by atoms with E-state index in [1.807, 2.05) is 0 Å². The Bertz CT molecular complexity index is 329. The Morgan fingerprint density at radius 2 is 1.42 bits per heavy atom. The highest BCUT2D eigenvalue weighted by atomic mass is 28.4. The molecule has 3 fully saturated rings. The van der Waals surface area contributed by atoms with Crippen LogP contribution in [0.2, 0.25) is 6.04 Å². The SMILES string of the molecule is C1CC2CCC1C2.CCOC1(CC)CCCC[Si]1(OCC)OCC. The van der Waals surface area contributed by atoms with Crippen LogP contribution in [-0.4, -0.2) is 33.6 Å². The van der Waals surface area contributed by atoms with Gasteiger partial charge in [0.1, 0.15) is 5.22 Å². The molecule has 0 spiro atoms. The van der Waals surface area contributed by atoms with Crippen molar-refractivity contribution in [1.29, 1.82) is 0 Å². The van der Waals surface area contributed by atoms with Crippen molar-refractivity contribution in [2.24, 2.45) is 11.8 Å². The molecule has 0 aromatic carbocycles. The van der Waals surface area contributed by atoms with Crippen LogP contribution in [0.15, 0.2) is 0 Å². The Balaban J connectivity index is 0.000000242. The second kappa shape index (κ2) is 9.70. The molecule has 142 valence electrons. The summed E-state index contributed by atoms with van der Waals surface area (Å²) in [5.41, 5.74) is 0. The summed E-state index contributed by atoms with van der Waals surface area (Å²) in [6.07, 6.45) is 12.4. The van der Waals surface area contributed by atoms with Crippen LogP contribution in [0.1, 0.15) is 85.5 Å². The number of hydrogen-bond donors (Lipinski definition) is 0. The summed E-state index contributed by atoms with van der Waals surface area (Å²) in [5.74, 6) is 2.34. The Morgan fingerprint density at radius 3 is 1.79 bits per heavy atom. The van der Waals surface area contributed by atoms with Gasteiger partial charge < -0.3 is 13.6 Å². The minimum atomic E-state index is -2.21. The summed E-state index contributed by atoms with van der Waals surface area (Å²) < 4.78 is 18.5. The highest BCUT2D eigenvalue weighted by Crippen LogP contribution is 2.44. The first-order chi connectivity index (χ1) is 11.6. The number of fused-ring (bicyclic) bond motifs is 2. The van der Waals surface area contributed by atoms with Gasteiger partial charge in [-0.1, -0.05) is 45.4 Å². The quantitative estimate of drug-likeness (QED) is 0.555. The zero-order valence-corrected chi connectivity index (χ0v) is 17.6. The summed E-state index contributed by atoms with van der Waals surface area (Å²) in [6, 6.07) is 1.09. The maximum atomic E-state index is 6.16. The minimum absolute atomic E-state index is 0.119. The molecule has 0 aromatic heterocycles. The van der Waals surface area contributed by atoms with E-state index in [0.29, 0.717) is 0 Å². The molecule has 2 bridgehead atoms. The molecule has 0 N–H and O–H groups in total. The molecule has 1 saturated heterocycles. The Morgan fingerprint density at radius 1 is 0.833 bits per heavy atom. The van der Waals surface area contributed by atoms with Crippen LogP contribution in [-0.2, 0) is 13.6 Å². The van der Waals surface area contributed by atoms with E-state index in [-0.39, 0.29) is 5.22 Å². The van der Waals surface area contributed by atoms with Crippen molar-refractivity contribution in [3.63, 3.8) is 0 Å². The van der Waals surface area contributed by atoms with Crippen molar-refractivity contribution in [1.82, 2.24) is 0 Å². The lowest BCUT2D eigenvalue weighted by Crippen LogP contribution is -2.65. The first-order valence-corrected chi connectivity index (χ1v) is 12.6. The van der Waals surface area contributed by atoms with Gasteiger partial charge in [-0.15, -0.1) is 0 Å². The third kappa shape index (κ3) is 4.43. The van der Waals surface area contributed by atoms with Crippen LogP contribution in [0.5, 0.6) is 0 Å². The second-order valence-corrected chi connectivity index (χ2v) is 11.2. The van der Waals surface area contributed by atoms with E-state index in [2.05, 4.69) is 27.7 Å². The molecule has 3 nitrogen and oxygen atoms in total. The standard InChI is InChI=1S/C13H28O3Si.C7H12/c1-5-13(14-6-2)11-9-10-12-17(13,15-7-3)16-8-4;1-2-7-4-3-6(1)5-7/h5-12H2,1-4H3;6-7H,1-5H2. The number of rotatable bonds is 7. The van der Waals surface area contributed by atoms with Gasteiger partial charge in [0.2, 0.25) is 0 Å². The Kier molecular flexibility index (Phi) is 8.25. The van der Waals surface area contributed by atoms with E-state index >= 15 is 0 Å². The Hall–Kier alpha value is 0.0969. The zero-order valence-electron chi connectivity index (χ0n) is 16.6. The molecule has 0 radical (unpaired) electrons. The van der Waals surface area contributed by atoms with Crippen molar-refractivity contribution in [3.8, 4) is 0 Å². The van der Waals surface area contributed by atoms with Crippen LogP contribution >= 0.6 is 0 Å². The van der Waals surface area contributed by atoms with E-state index < -0.39 is 8.56 Å². The smallest absolute Gasteiger partial charge is 0.371 e. The lowest BCUT2D eigenvalue weighted by atomic mass is 10.0. The summed E-state index contributed by atoms with van der Waals surface area (Å²) in [4.78, 5) is 0. The van der Waals surface area contributed by atoms with Crippen LogP contribution in [0, 0.1) is 11.8 Å². The maximum Gasteiger partial charge on any atom is 0.371 e. The molecule has 1 heterocycles. The van der Waals surface area contributed by atoms with Crippen molar-refractivity contribution in [2.45, 2.75) is 96.8 Å². The van der Waals surface area contributed by atoms with Crippen LogP contribution in [0.3, 0.4) is 0 Å². The molecule has 4 heteroatoms. The fourth-order valence-corrected chi connectivity index (χ4v) is 9.75. The van der Waals surface area contributed by atoms with Crippen LogP contribution in [0.4, 0.5) is 0 Å². The normalized spacial score (nSPS) is 34.0. The molecular formula is C20H40O3Si. The summed E-state index contributed by atoms with van der Waals surface area (Å²) in [5, 5.41) is -0.119. The van der Waals surface area contributed by atoms with E-state index in [4.69, 9.17) is 13.6 Å². The molecular weight excluding hydrogens is 316 g/mol. The van der Waals surface area contributed by atoms with E-state index in [9.17, 15) is 0 Å². The topological polar surface area (TPSA) is 27.7 Å². The number of ether oxygens (including phenoxy) is 1. The summed E-state index contributed by atoms with van der Waals surface area (Å²) in [7, 11) is -2.21. The molecule has 0 amide bonds. The first-order valence-electron chi connectivity index (χ1n) is 10.6. The molecule has 2 saturated carbocycles. The van der Waals surface area contributed by atoms with E-state index in [0.717, 1.165) is 38.7 Å². The van der Waals surface area contributed by atoms with Crippen molar-refractivity contribution in [3.05, 3.63) is 0 Å². The predicted octanol–water partition coefficient (Wildman–Crippen LogP) is 5.61. The fraction of sp³-hybridized carbons (Fsp3) is 1.00. The monoisotopic (exact) mass is 356 g/mol. The van der Waals surface area contributed by atoms with Gasteiger partial charge in [0, 0.05) is 19.8 Å². The fourth-order valence-electron chi connectivity index (χ4n) is 5.28. The zero-order chi connectivity index (χ0) is 17.5. The lowest BCUT2D eigenvalue weighted by Gasteiger charge is -2.49. The molecule has 3 aliphatic rings.